The highest BCUT2D eigenvalue weighted by Crippen LogP contribution is 2.19. The van der Waals surface area contributed by atoms with E-state index in [2.05, 4.69) is 15.0 Å². The van der Waals surface area contributed by atoms with Gasteiger partial charge in [0.1, 0.15) is 5.82 Å². The van der Waals surface area contributed by atoms with Crippen molar-refractivity contribution in [3.63, 3.8) is 0 Å². The number of H-pyrrole nitrogens is 1. The Hall–Kier alpha value is -2.67. The molecule has 3 rings (SSSR count). The van der Waals surface area contributed by atoms with Gasteiger partial charge in [0.05, 0.1) is 11.0 Å². The van der Waals surface area contributed by atoms with Crippen molar-refractivity contribution < 1.29 is 9.18 Å². The number of aliphatic imine (C=N–C) groups is 1. The molecule has 0 saturated heterocycles. The van der Waals surface area contributed by atoms with Crippen LogP contribution < -0.4 is 5.73 Å². The molecule has 0 aliphatic heterocycles. The van der Waals surface area contributed by atoms with Crippen molar-refractivity contribution in [1.82, 2.24) is 9.97 Å². The third-order valence-corrected chi connectivity index (χ3v) is 3.56. The summed E-state index contributed by atoms with van der Waals surface area (Å²) in [5.74, 6) is -0.939. The molecule has 1 amide bonds. The van der Waals surface area contributed by atoms with E-state index in [4.69, 9.17) is 5.73 Å². The number of para-hydroxylation sites is 2. The lowest BCUT2D eigenvalue weighted by Crippen LogP contribution is -2.10. The van der Waals surface area contributed by atoms with E-state index in [0.29, 0.717) is 5.16 Å². The smallest absolute Gasteiger partial charge is 0.279 e. The van der Waals surface area contributed by atoms with Crippen LogP contribution in [0.1, 0.15) is 10.4 Å². The van der Waals surface area contributed by atoms with Gasteiger partial charge in [0.15, 0.2) is 10.3 Å². The molecule has 0 aliphatic carbocycles. The maximum atomic E-state index is 12.8. The summed E-state index contributed by atoms with van der Waals surface area (Å²) in [5.41, 5.74) is 7.71. The van der Waals surface area contributed by atoms with Crippen LogP contribution in [0.5, 0.6) is 0 Å². The van der Waals surface area contributed by atoms with Crippen LogP contribution in [-0.4, -0.2) is 21.0 Å². The number of benzene rings is 2. The van der Waals surface area contributed by atoms with E-state index in [1.165, 1.54) is 24.3 Å². The van der Waals surface area contributed by atoms with Gasteiger partial charge in [-0.05, 0) is 48.2 Å². The minimum absolute atomic E-state index is 0.0633. The zero-order valence-corrected chi connectivity index (χ0v) is 12.1. The van der Waals surface area contributed by atoms with Gasteiger partial charge in [0, 0.05) is 5.56 Å². The Morgan fingerprint density at radius 1 is 1.18 bits per heavy atom. The lowest BCUT2D eigenvalue weighted by Gasteiger charge is -1.98. The molecule has 0 fully saturated rings. The number of aromatic amines is 1. The Morgan fingerprint density at radius 3 is 2.64 bits per heavy atom. The predicted octanol–water partition coefficient (Wildman–Crippen LogP) is 2.95. The molecule has 3 N–H and O–H groups in total. The first-order chi connectivity index (χ1) is 10.6. The van der Waals surface area contributed by atoms with E-state index < -0.39 is 11.7 Å². The maximum Gasteiger partial charge on any atom is 0.279 e. The number of hydrogen-bond donors (Lipinski definition) is 2. The molecule has 0 saturated carbocycles. The summed E-state index contributed by atoms with van der Waals surface area (Å²) in [6, 6.07) is 12.7. The van der Waals surface area contributed by atoms with E-state index in [0.717, 1.165) is 22.8 Å². The first-order valence-electron chi connectivity index (χ1n) is 6.38. The number of rotatable bonds is 2. The Balaban J connectivity index is 1.76. The van der Waals surface area contributed by atoms with E-state index in [9.17, 15) is 9.18 Å². The highest BCUT2D eigenvalue weighted by atomic mass is 32.2. The van der Waals surface area contributed by atoms with Gasteiger partial charge < -0.3 is 10.7 Å². The molecule has 22 heavy (non-hydrogen) atoms. The number of halogens is 1. The number of nitrogens with zero attached hydrogens (tertiary/aromatic N) is 2. The Kier molecular flexibility index (Phi) is 3.88. The molecular weight excluding hydrogens is 303 g/mol. The molecular formula is C15H11FN4OS. The van der Waals surface area contributed by atoms with Gasteiger partial charge in [-0.2, -0.15) is 4.99 Å². The number of carbonyl (C=O) groups excluding carboxylic acids is 1. The van der Waals surface area contributed by atoms with E-state index in [-0.39, 0.29) is 10.7 Å². The van der Waals surface area contributed by atoms with Crippen molar-refractivity contribution in [2.75, 3.05) is 0 Å². The second kappa shape index (κ2) is 5.98. The maximum absolute atomic E-state index is 12.8. The highest BCUT2D eigenvalue weighted by Gasteiger charge is 2.09. The van der Waals surface area contributed by atoms with Gasteiger partial charge >= 0.3 is 0 Å². The van der Waals surface area contributed by atoms with E-state index in [1.54, 1.807) is 0 Å². The fraction of sp³-hybridized carbons (Fsp3) is 0. The lowest BCUT2D eigenvalue weighted by molar-refractivity contribution is 0.100. The van der Waals surface area contributed by atoms with Gasteiger partial charge in [-0.25, -0.2) is 9.37 Å². The van der Waals surface area contributed by atoms with Crippen LogP contribution in [0.3, 0.4) is 0 Å². The molecule has 7 heteroatoms. The summed E-state index contributed by atoms with van der Waals surface area (Å²) in [5, 5.41) is 0.614. The Morgan fingerprint density at radius 2 is 1.91 bits per heavy atom. The second-order valence-electron chi connectivity index (χ2n) is 4.42. The van der Waals surface area contributed by atoms with E-state index in [1.807, 2.05) is 24.3 Å². The summed E-state index contributed by atoms with van der Waals surface area (Å²) in [7, 11) is 0. The van der Waals surface area contributed by atoms with Crippen LogP contribution >= 0.6 is 11.8 Å². The molecule has 0 radical (unpaired) electrons. The van der Waals surface area contributed by atoms with Crippen molar-refractivity contribution in [2.45, 2.75) is 5.16 Å². The van der Waals surface area contributed by atoms with Crippen molar-refractivity contribution in [2.24, 2.45) is 10.7 Å². The predicted molar refractivity (Wildman–Crippen MR) is 84.3 cm³/mol. The molecule has 0 atom stereocenters. The van der Waals surface area contributed by atoms with Crippen molar-refractivity contribution in [3.8, 4) is 0 Å². The third-order valence-electron chi connectivity index (χ3n) is 2.87. The van der Waals surface area contributed by atoms with Crippen LogP contribution in [0.25, 0.3) is 11.0 Å². The summed E-state index contributed by atoms with van der Waals surface area (Å²) >= 11 is 1.06. The Labute approximate surface area is 129 Å². The lowest BCUT2D eigenvalue weighted by atomic mass is 10.2. The van der Waals surface area contributed by atoms with Gasteiger partial charge in [0.25, 0.3) is 5.91 Å². The minimum atomic E-state index is -0.527. The van der Waals surface area contributed by atoms with Gasteiger partial charge in [0.2, 0.25) is 0 Å². The van der Waals surface area contributed by atoms with Crippen molar-refractivity contribution >= 4 is 33.9 Å². The average Bonchev–Trinajstić information content (AvgIpc) is 2.89. The summed E-state index contributed by atoms with van der Waals surface area (Å²) < 4.78 is 12.8. The summed E-state index contributed by atoms with van der Waals surface area (Å²) in [6.45, 7) is 0. The number of amidine groups is 1. The molecule has 1 aromatic heterocycles. The van der Waals surface area contributed by atoms with Crippen LogP contribution in [-0.2, 0) is 0 Å². The number of carbonyl (C=O) groups is 1. The molecule has 0 unspecified atom stereocenters. The molecule has 3 aromatic rings. The zero-order chi connectivity index (χ0) is 15.5. The van der Waals surface area contributed by atoms with E-state index >= 15 is 0 Å². The molecule has 0 spiro atoms. The number of nitrogens with two attached hydrogens (primary N) is 1. The Bertz CT molecular complexity index is 824. The zero-order valence-electron chi connectivity index (χ0n) is 11.3. The normalized spacial score (nSPS) is 11.8. The number of nitrogens with one attached hydrogen (secondary N) is 1. The van der Waals surface area contributed by atoms with Gasteiger partial charge in [-0.15, -0.1) is 0 Å². The first kappa shape index (κ1) is 14.3. The van der Waals surface area contributed by atoms with Crippen LogP contribution in [0.15, 0.2) is 58.7 Å². The molecule has 5 nitrogen and oxygen atoms in total. The van der Waals surface area contributed by atoms with Gasteiger partial charge in [-0.1, -0.05) is 12.1 Å². The number of thioether (sulfide) groups is 1. The van der Waals surface area contributed by atoms with Crippen molar-refractivity contribution in [3.05, 3.63) is 59.9 Å². The summed E-state index contributed by atoms with van der Waals surface area (Å²) in [4.78, 5) is 23.1. The minimum Gasteiger partial charge on any atom is -0.378 e. The summed E-state index contributed by atoms with van der Waals surface area (Å²) in [6.07, 6.45) is 0. The SMILES string of the molecule is NC(=NC(=O)c1ccc(F)cc1)Sc1nc2ccccc2[nH]1. The number of aromatic nitrogens is 2. The van der Waals surface area contributed by atoms with Crippen LogP contribution in [0.2, 0.25) is 0 Å². The van der Waals surface area contributed by atoms with Crippen molar-refractivity contribution in [1.29, 1.82) is 0 Å². The molecule has 0 bridgehead atoms. The molecule has 110 valence electrons. The topological polar surface area (TPSA) is 84.1 Å². The molecule has 0 aliphatic rings. The van der Waals surface area contributed by atoms with Crippen LogP contribution in [0.4, 0.5) is 4.39 Å². The third kappa shape index (κ3) is 3.15. The standard InChI is InChI=1S/C15H11FN4OS/c16-10-7-5-9(6-8-10)13(21)20-14(17)22-15-18-11-3-1-2-4-12(11)19-15/h1-8H,(H,18,19)(H2,17,20,21). The number of imidazole rings is 1. The van der Waals surface area contributed by atoms with Gasteiger partial charge in [-0.3, -0.25) is 4.79 Å². The molecule has 2 aromatic carbocycles. The quantitative estimate of drug-likeness (QED) is 0.433. The fourth-order valence-electron chi connectivity index (χ4n) is 1.86. The highest BCUT2D eigenvalue weighted by molar-refractivity contribution is 8.13. The molecule has 1 heterocycles. The average molecular weight is 314 g/mol. The largest absolute Gasteiger partial charge is 0.378 e. The fourth-order valence-corrected chi connectivity index (χ4v) is 2.49. The number of amides is 1. The number of hydrogen-bond acceptors (Lipinski definition) is 3. The van der Waals surface area contributed by atoms with Crippen LogP contribution in [0, 0.1) is 5.82 Å². The number of fused-ring (bicyclic) bond motifs is 1. The monoisotopic (exact) mass is 314 g/mol. The second-order valence-corrected chi connectivity index (χ2v) is 5.43. The first-order valence-corrected chi connectivity index (χ1v) is 7.20.